The Balaban J connectivity index is 4.04. The standard InChI is InChI=1S/C36H63N3O9/c1-16-22(10)25-34(43)46-29(20(6)7)32(41)38(14)27(24(12)18-3)36(45)48-30(21(8)9)33(42)39(15)26(23(11)17-2)35(44)47-28(19(4)5)31(40)37(25)13/h19-30H,16-18H2,1-15H3/t22-,23-,24-,25-,26-,27-,28?,29?,30?/m0/s1. The van der Waals surface area contributed by atoms with Crippen molar-refractivity contribution in [1.29, 1.82) is 0 Å². The van der Waals surface area contributed by atoms with Gasteiger partial charge in [0.05, 0.1) is 0 Å². The second-order valence-corrected chi connectivity index (χ2v) is 14.6. The van der Waals surface area contributed by atoms with E-state index in [1.807, 2.05) is 20.8 Å². The summed E-state index contributed by atoms with van der Waals surface area (Å²) in [6.45, 7) is 21.4. The second-order valence-electron chi connectivity index (χ2n) is 14.6. The molecule has 0 radical (unpaired) electrons. The van der Waals surface area contributed by atoms with E-state index in [2.05, 4.69) is 0 Å². The summed E-state index contributed by atoms with van der Waals surface area (Å²) in [4.78, 5) is 87.8. The molecule has 0 spiro atoms. The molecule has 1 fully saturated rings. The van der Waals surface area contributed by atoms with Gasteiger partial charge in [0.1, 0.15) is 18.1 Å². The lowest BCUT2D eigenvalue weighted by Gasteiger charge is -2.39. The third kappa shape index (κ3) is 9.94. The third-order valence-corrected chi connectivity index (χ3v) is 9.84. The van der Waals surface area contributed by atoms with Crippen LogP contribution in [-0.4, -0.2) is 108 Å². The van der Waals surface area contributed by atoms with Gasteiger partial charge in [-0.05, 0) is 35.5 Å². The number of carbonyl (C=O) groups is 6. The molecule has 3 amide bonds. The first-order valence-electron chi connectivity index (χ1n) is 17.6. The number of rotatable bonds is 9. The molecule has 1 saturated heterocycles. The lowest BCUT2D eigenvalue weighted by molar-refractivity contribution is -0.182. The van der Waals surface area contributed by atoms with Crippen LogP contribution in [0.5, 0.6) is 0 Å². The summed E-state index contributed by atoms with van der Waals surface area (Å²) in [5.74, 6) is -6.73. The zero-order valence-electron chi connectivity index (χ0n) is 32.1. The maximum Gasteiger partial charge on any atom is 0.329 e. The van der Waals surface area contributed by atoms with Gasteiger partial charge in [-0.15, -0.1) is 0 Å². The van der Waals surface area contributed by atoms with Gasteiger partial charge in [-0.2, -0.15) is 0 Å². The van der Waals surface area contributed by atoms with Crippen LogP contribution in [0, 0.1) is 35.5 Å². The minimum Gasteiger partial charge on any atom is -0.450 e. The minimum atomic E-state index is -1.28. The molecule has 3 unspecified atom stereocenters. The average molecular weight is 682 g/mol. The number of esters is 3. The zero-order chi connectivity index (χ0) is 37.4. The molecule has 12 heteroatoms. The number of nitrogens with zero attached hydrogens (tertiary/aromatic N) is 3. The van der Waals surface area contributed by atoms with Gasteiger partial charge in [0, 0.05) is 21.1 Å². The first-order chi connectivity index (χ1) is 22.2. The predicted molar refractivity (Wildman–Crippen MR) is 182 cm³/mol. The summed E-state index contributed by atoms with van der Waals surface area (Å²) in [5.41, 5.74) is 0. The highest BCUT2D eigenvalue weighted by atomic mass is 16.6. The maximum absolute atomic E-state index is 14.1. The molecule has 0 bridgehead atoms. The number of hydrogen-bond donors (Lipinski definition) is 0. The van der Waals surface area contributed by atoms with E-state index in [0.717, 1.165) is 0 Å². The largest absolute Gasteiger partial charge is 0.450 e. The Kier molecular flexibility index (Phi) is 16.6. The van der Waals surface area contributed by atoms with Gasteiger partial charge in [0.15, 0.2) is 18.3 Å². The highest BCUT2D eigenvalue weighted by molar-refractivity contribution is 5.94. The topological polar surface area (TPSA) is 140 Å². The predicted octanol–water partition coefficient (Wildman–Crippen LogP) is 4.32. The van der Waals surface area contributed by atoms with Gasteiger partial charge in [-0.3, -0.25) is 14.4 Å². The van der Waals surface area contributed by atoms with Crippen LogP contribution in [0.25, 0.3) is 0 Å². The van der Waals surface area contributed by atoms with Crippen molar-refractivity contribution < 1.29 is 43.0 Å². The molecule has 276 valence electrons. The molecule has 12 nitrogen and oxygen atoms in total. The van der Waals surface area contributed by atoms with Crippen LogP contribution >= 0.6 is 0 Å². The lowest BCUT2D eigenvalue weighted by Crippen LogP contribution is -2.58. The molecular weight excluding hydrogens is 618 g/mol. The van der Waals surface area contributed by atoms with Crippen molar-refractivity contribution in [3.63, 3.8) is 0 Å². The quantitative estimate of drug-likeness (QED) is 0.257. The van der Waals surface area contributed by atoms with Crippen molar-refractivity contribution in [2.75, 3.05) is 21.1 Å². The summed E-state index contributed by atoms with van der Waals surface area (Å²) in [5, 5.41) is 0. The van der Waals surface area contributed by atoms with E-state index >= 15 is 0 Å². The van der Waals surface area contributed by atoms with Gasteiger partial charge in [0.25, 0.3) is 17.7 Å². The molecule has 0 aromatic rings. The van der Waals surface area contributed by atoms with Crippen molar-refractivity contribution in [3.8, 4) is 0 Å². The van der Waals surface area contributed by atoms with Crippen LogP contribution in [0.2, 0.25) is 0 Å². The smallest absolute Gasteiger partial charge is 0.329 e. The Morgan fingerprint density at radius 2 is 0.625 bits per heavy atom. The normalized spacial score (nSPS) is 28.2. The van der Waals surface area contributed by atoms with Crippen molar-refractivity contribution >= 4 is 35.6 Å². The van der Waals surface area contributed by atoms with Crippen molar-refractivity contribution in [1.82, 2.24) is 14.7 Å². The Morgan fingerprint density at radius 3 is 0.771 bits per heavy atom. The maximum atomic E-state index is 14.1. The molecular formula is C36H63N3O9. The average Bonchev–Trinajstić information content (AvgIpc) is 3.02. The Hall–Kier alpha value is -3.18. The number of carbonyl (C=O) groups excluding carboxylic acids is 6. The molecule has 0 aromatic heterocycles. The fraction of sp³-hybridized carbons (Fsp3) is 0.833. The Bertz CT molecular complexity index is 1000. The number of cyclic esters (lactones) is 3. The van der Waals surface area contributed by atoms with Crippen molar-refractivity contribution in [2.24, 2.45) is 35.5 Å². The summed E-state index contributed by atoms with van der Waals surface area (Å²) < 4.78 is 17.8. The molecule has 1 aliphatic heterocycles. The van der Waals surface area contributed by atoms with E-state index in [0.29, 0.717) is 19.3 Å². The van der Waals surface area contributed by atoms with E-state index in [9.17, 15) is 28.8 Å². The molecule has 1 heterocycles. The fourth-order valence-corrected chi connectivity index (χ4v) is 6.00. The molecule has 48 heavy (non-hydrogen) atoms. The zero-order valence-corrected chi connectivity index (χ0v) is 32.1. The van der Waals surface area contributed by atoms with Crippen LogP contribution in [0.3, 0.4) is 0 Å². The molecule has 0 aromatic carbocycles. The SMILES string of the molecule is CC[C@H](C)[C@H]1C(=O)OC(C(C)C)C(=O)N(C)[C@@H]([C@@H](C)CC)C(=O)OC(C(C)C)C(=O)N(C)[C@@H]([C@@H](C)CC)C(=O)OC(C(C)C)C(=O)N1C. The van der Waals surface area contributed by atoms with Gasteiger partial charge in [0.2, 0.25) is 0 Å². The first-order valence-corrected chi connectivity index (χ1v) is 17.6. The molecule has 1 rings (SSSR count). The van der Waals surface area contributed by atoms with Crippen molar-refractivity contribution in [2.45, 2.75) is 139 Å². The molecule has 0 N–H and O–H groups in total. The summed E-state index contributed by atoms with van der Waals surface area (Å²) >= 11 is 0. The first kappa shape index (κ1) is 42.8. The van der Waals surface area contributed by atoms with E-state index in [-0.39, 0.29) is 17.8 Å². The van der Waals surface area contributed by atoms with E-state index in [1.54, 1.807) is 62.3 Å². The van der Waals surface area contributed by atoms with Gasteiger partial charge in [-0.25, -0.2) is 14.4 Å². The summed E-state index contributed by atoms with van der Waals surface area (Å²) in [6.07, 6.45) is -2.32. The number of likely N-dealkylation sites (N-methyl/N-ethyl adjacent to an activating group) is 3. The van der Waals surface area contributed by atoms with Crippen LogP contribution in [0.4, 0.5) is 0 Å². The lowest BCUT2D eigenvalue weighted by atomic mass is 9.94. The molecule has 0 aliphatic carbocycles. The van der Waals surface area contributed by atoms with Crippen LogP contribution < -0.4 is 0 Å². The summed E-state index contributed by atoms with van der Waals surface area (Å²) in [6, 6.07) is -3.30. The van der Waals surface area contributed by atoms with Crippen LogP contribution in [0.15, 0.2) is 0 Å². The second kappa shape index (κ2) is 18.5. The van der Waals surface area contributed by atoms with Crippen LogP contribution in [-0.2, 0) is 43.0 Å². The third-order valence-electron chi connectivity index (χ3n) is 9.84. The van der Waals surface area contributed by atoms with E-state index in [1.165, 1.54) is 35.8 Å². The van der Waals surface area contributed by atoms with Gasteiger partial charge >= 0.3 is 17.9 Å². The molecule has 1 aliphatic rings. The monoisotopic (exact) mass is 681 g/mol. The van der Waals surface area contributed by atoms with E-state index < -0.39 is 89.8 Å². The number of amides is 3. The van der Waals surface area contributed by atoms with Crippen LogP contribution in [0.1, 0.15) is 102 Å². The fourth-order valence-electron chi connectivity index (χ4n) is 6.00. The van der Waals surface area contributed by atoms with Gasteiger partial charge < -0.3 is 28.9 Å². The van der Waals surface area contributed by atoms with E-state index in [4.69, 9.17) is 14.2 Å². The number of hydrogen-bond acceptors (Lipinski definition) is 9. The highest BCUT2D eigenvalue weighted by Gasteiger charge is 2.46. The number of ether oxygens (including phenoxy) is 3. The highest BCUT2D eigenvalue weighted by Crippen LogP contribution is 2.27. The minimum absolute atomic E-state index is 0.381. The van der Waals surface area contributed by atoms with Crippen molar-refractivity contribution in [3.05, 3.63) is 0 Å². The summed E-state index contributed by atoms with van der Waals surface area (Å²) in [7, 11) is 4.39. The van der Waals surface area contributed by atoms with Gasteiger partial charge in [-0.1, -0.05) is 102 Å². The Morgan fingerprint density at radius 1 is 0.438 bits per heavy atom. The molecule has 0 saturated carbocycles. The Labute approximate surface area is 288 Å². The molecule has 9 atom stereocenters.